The van der Waals surface area contributed by atoms with E-state index in [1.54, 1.807) is 31.5 Å². The minimum atomic E-state index is -1.36. The maximum Gasteiger partial charge on any atom is 0.404 e. The normalized spacial score (nSPS) is 19.4. The van der Waals surface area contributed by atoms with Gasteiger partial charge in [-0.15, -0.1) is 0 Å². The second kappa shape index (κ2) is 12.6. The van der Waals surface area contributed by atoms with Gasteiger partial charge in [-0.3, -0.25) is 4.79 Å². The van der Waals surface area contributed by atoms with E-state index in [0.29, 0.717) is 35.1 Å². The van der Waals surface area contributed by atoms with Crippen molar-refractivity contribution in [3.63, 3.8) is 0 Å². The van der Waals surface area contributed by atoms with Crippen LogP contribution in [0.25, 0.3) is 33.5 Å². The number of amides is 2. The molecule has 3 fully saturated rings. The largest absolute Gasteiger partial charge is 0.494 e. The molecule has 1 unspecified atom stereocenters. The van der Waals surface area contributed by atoms with Crippen molar-refractivity contribution < 1.29 is 23.8 Å². The topological polar surface area (TPSA) is 154 Å². The second-order valence-electron chi connectivity index (χ2n) is 13.5. The number of piperidine rings is 1. The molecule has 2 N–H and O–H groups in total. The summed E-state index contributed by atoms with van der Waals surface area (Å²) in [4.78, 5) is 42.2. The zero-order valence-corrected chi connectivity index (χ0v) is 27.5. The summed E-state index contributed by atoms with van der Waals surface area (Å²) < 4.78 is 25.2. The molecule has 256 valence electrons. The number of nitrogens with zero attached hydrogens (tertiary/aromatic N) is 8. The molecule has 3 aromatic heterocycles. The van der Waals surface area contributed by atoms with Crippen LogP contribution in [-0.4, -0.2) is 91.6 Å². The first kappa shape index (κ1) is 31.6. The van der Waals surface area contributed by atoms with E-state index in [0.717, 1.165) is 47.6 Å². The molecule has 13 nitrogen and oxygen atoms in total. The molecule has 2 amide bonds. The molecule has 50 heavy (non-hydrogen) atoms. The lowest BCUT2D eigenvalue weighted by atomic mass is 9.99. The van der Waals surface area contributed by atoms with Crippen molar-refractivity contribution in [3.8, 4) is 23.3 Å². The van der Waals surface area contributed by atoms with Crippen molar-refractivity contribution in [1.29, 1.82) is 5.26 Å². The van der Waals surface area contributed by atoms with Crippen LogP contribution in [-0.2, 0) is 13.1 Å². The van der Waals surface area contributed by atoms with Gasteiger partial charge in [-0.25, -0.2) is 24.1 Å². The van der Waals surface area contributed by atoms with Crippen LogP contribution in [0.4, 0.5) is 15.0 Å². The van der Waals surface area contributed by atoms with Gasteiger partial charge in [-0.2, -0.15) is 5.26 Å². The maximum atomic E-state index is 14.7. The Hall–Kier alpha value is -5.71. The molecule has 1 aliphatic carbocycles. The van der Waals surface area contributed by atoms with Gasteiger partial charge >= 0.3 is 6.09 Å². The number of rotatable bonds is 9. The van der Waals surface area contributed by atoms with Crippen LogP contribution in [0.3, 0.4) is 0 Å². The molecule has 0 spiro atoms. The number of hydrogen-bond acceptors (Lipinski definition) is 8. The Labute approximate surface area is 286 Å². The Morgan fingerprint density at radius 2 is 1.84 bits per heavy atom. The zero-order valence-electron chi connectivity index (χ0n) is 27.5. The second-order valence-corrected chi connectivity index (χ2v) is 13.5. The van der Waals surface area contributed by atoms with E-state index in [-0.39, 0.29) is 31.3 Å². The third-order valence-corrected chi connectivity index (χ3v) is 9.93. The average Bonchev–Trinajstić information content (AvgIpc) is 3.74. The summed E-state index contributed by atoms with van der Waals surface area (Å²) in [5.74, 6) is 2.49. The molecule has 3 aliphatic rings. The summed E-state index contributed by atoms with van der Waals surface area (Å²) >= 11 is 0. The highest BCUT2D eigenvalue weighted by molar-refractivity contribution is 6.00. The lowest BCUT2D eigenvalue weighted by Crippen LogP contribution is -2.53. The minimum absolute atomic E-state index is 0.0103. The molecule has 0 radical (unpaired) electrons. The van der Waals surface area contributed by atoms with Gasteiger partial charge in [-0.1, -0.05) is 18.2 Å². The highest BCUT2D eigenvalue weighted by atomic mass is 19.1. The fourth-order valence-corrected chi connectivity index (χ4v) is 7.41. The van der Waals surface area contributed by atoms with E-state index in [9.17, 15) is 24.3 Å². The Morgan fingerprint density at radius 3 is 2.60 bits per heavy atom. The molecule has 2 aliphatic heterocycles. The lowest BCUT2D eigenvalue weighted by molar-refractivity contribution is 0.0577. The van der Waals surface area contributed by atoms with Gasteiger partial charge in [-0.05, 0) is 49.1 Å². The standard InChI is InChI=1S/C36H36FN9O4/c1-50-30-12-24(35(47)44-19-25(37)13-26(20-44)40-36(48)49)10-27-33(30)46(18-22-15-43(16-22)32-8-9-39-31(14-38)42-32)34(41-27)29-11-23-4-2-3-5-28(23)45(29)17-21-6-7-21/h2-5,8-12,21-22,25-26,40H,6-7,13,15-20H2,1H3,(H,48,49)/t25?,26-/m1/s1. The molecule has 2 atom stereocenters. The molecule has 2 saturated heterocycles. The fourth-order valence-electron chi connectivity index (χ4n) is 7.41. The number of hydrogen-bond donors (Lipinski definition) is 2. The molecule has 5 aromatic rings. The number of alkyl halides is 1. The Bertz CT molecular complexity index is 2160. The summed E-state index contributed by atoms with van der Waals surface area (Å²) in [6.45, 7) is 2.87. The van der Waals surface area contributed by atoms with Crippen molar-refractivity contribution in [3.05, 3.63) is 66.1 Å². The van der Waals surface area contributed by atoms with E-state index in [2.05, 4.69) is 47.5 Å². The molecular formula is C36H36FN9O4. The number of carbonyl (C=O) groups is 2. The summed E-state index contributed by atoms with van der Waals surface area (Å²) in [5.41, 5.74) is 3.73. The first-order chi connectivity index (χ1) is 24.3. The number of methoxy groups -OCH3 is 1. The molecule has 0 bridgehead atoms. The van der Waals surface area contributed by atoms with Crippen LogP contribution in [0.2, 0.25) is 0 Å². The van der Waals surface area contributed by atoms with Crippen molar-refractivity contribution in [2.45, 2.75) is 44.6 Å². The number of imidazole rings is 1. The first-order valence-corrected chi connectivity index (χ1v) is 16.9. The average molecular weight is 678 g/mol. The van der Waals surface area contributed by atoms with Crippen LogP contribution in [0.1, 0.15) is 35.4 Å². The number of fused-ring (bicyclic) bond motifs is 2. The van der Waals surface area contributed by atoms with Crippen molar-refractivity contribution in [2.24, 2.45) is 11.8 Å². The molecule has 2 aromatic carbocycles. The minimum Gasteiger partial charge on any atom is -0.494 e. The predicted molar refractivity (Wildman–Crippen MR) is 183 cm³/mol. The van der Waals surface area contributed by atoms with Crippen LogP contribution in [0, 0.1) is 23.2 Å². The number of anilines is 1. The van der Waals surface area contributed by atoms with Gasteiger partial charge in [0, 0.05) is 67.7 Å². The lowest BCUT2D eigenvalue weighted by Gasteiger charge is -2.40. The number of benzene rings is 2. The first-order valence-electron chi connectivity index (χ1n) is 16.9. The van der Waals surface area contributed by atoms with Crippen LogP contribution in [0.5, 0.6) is 5.75 Å². The number of carbonyl (C=O) groups excluding carboxylic acids is 1. The van der Waals surface area contributed by atoms with Crippen molar-refractivity contribution in [1.82, 2.24) is 34.3 Å². The summed E-state index contributed by atoms with van der Waals surface area (Å²) in [6.07, 6.45) is 1.37. The highest BCUT2D eigenvalue weighted by Gasteiger charge is 2.34. The number of para-hydroxylation sites is 1. The zero-order chi connectivity index (χ0) is 34.5. The summed E-state index contributed by atoms with van der Waals surface area (Å²) in [7, 11) is 1.56. The van der Waals surface area contributed by atoms with Gasteiger partial charge in [0.1, 0.15) is 29.3 Å². The van der Waals surface area contributed by atoms with Crippen LogP contribution >= 0.6 is 0 Å². The molecule has 8 rings (SSSR count). The molecule has 5 heterocycles. The van der Waals surface area contributed by atoms with E-state index < -0.39 is 24.2 Å². The molecule has 1 saturated carbocycles. The monoisotopic (exact) mass is 677 g/mol. The summed E-state index contributed by atoms with van der Waals surface area (Å²) in [5, 5.41) is 21.9. The quantitative estimate of drug-likeness (QED) is 0.226. The number of carboxylic acid groups (broad SMARTS) is 1. The van der Waals surface area contributed by atoms with Crippen LogP contribution < -0.4 is 15.0 Å². The Morgan fingerprint density at radius 1 is 1.04 bits per heavy atom. The number of likely N-dealkylation sites (tertiary alicyclic amines) is 1. The third kappa shape index (κ3) is 5.93. The van der Waals surface area contributed by atoms with Gasteiger partial charge < -0.3 is 34.1 Å². The highest BCUT2D eigenvalue weighted by Crippen LogP contribution is 2.39. The fraction of sp³-hybridized carbons (Fsp3) is 0.389. The number of aromatic nitrogens is 5. The van der Waals surface area contributed by atoms with E-state index in [4.69, 9.17) is 9.72 Å². The van der Waals surface area contributed by atoms with E-state index in [1.165, 1.54) is 17.7 Å². The third-order valence-electron chi connectivity index (χ3n) is 9.93. The number of halogens is 1. The maximum absolute atomic E-state index is 14.7. The Balaban J connectivity index is 1.19. The van der Waals surface area contributed by atoms with Crippen molar-refractivity contribution in [2.75, 3.05) is 38.2 Å². The SMILES string of the molecule is COc1cc(C(=O)N2CC(F)C[C@@H](NC(=O)O)C2)cc2nc(-c3cc4ccccc4n3CC3CC3)n(CC3CN(c4ccnc(C#N)n4)C3)c12. The molecular weight excluding hydrogens is 641 g/mol. The smallest absolute Gasteiger partial charge is 0.404 e. The van der Waals surface area contributed by atoms with E-state index >= 15 is 0 Å². The van der Waals surface area contributed by atoms with Crippen molar-refractivity contribution >= 4 is 39.8 Å². The number of nitriles is 1. The van der Waals surface area contributed by atoms with Crippen LogP contribution in [0.15, 0.2) is 54.7 Å². The summed E-state index contributed by atoms with van der Waals surface area (Å²) in [6, 6.07) is 17.0. The van der Waals surface area contributed by atoms with E-state index in [1.807, 2.05) is 18.2 Å². The Kier molecular flexibility index (Phi) is 7.97. The number of nitrogens with one attached hydrogen (secondary N) is 1. The van der Waals surface area contributed by atoms with Gasteiger partial charge in [0.05, 0.1) is 30.9 Å². The number of ether oxygens (including phenoxy) is 1. The molecule has 14 heteroatoms. The van der Waals surface area contributed by atoms with Gasteiger partial charge in [0.25, 0.3) is 5.91 Å². The predicted octanol–water partition coefficient (Wildman–Crippen LogP) is 4.69. The van der Waals surface area contributed by atoms with Gasteiger partial charge in [0.15, 0.2) is 5.82 Å². The van der Waals surface area contributed by atoms with Gasteiger partial charge in [0.2, 0.25) is 5.82 Å².